The highest BCUT2D eigenvalue weighted by Gasteiger charge is 2.45. The lowest BCUT2D eigenvalue weighted by Crippen LogP contribution is -2.30. The van der Waals surface area contributed by atoms with Crippen LogP contribution < -0.4 is 4.74 Å². The molecule has 0 aliphatic carbocycles. The Morgan fingerprint density at radius 1 is 1.21 bits per heavy atom. The Labute approximate surface area is 174 Å². The molecule has 1 aliphatic heterocycles. The van der Waals surface area contributed by atoms with Gasteiger partial charge in [-0.25, -0.2) is 0 Å². The largest absolute Gasteiger partial charge is 0.507 e. The van der Waals surface area contributed by atoms with Crippen molar-refractivity contribution >= 4 is 29.1 Å². The highest BCUT2D eigenvalue weighted by Crippen LogP contribution is 2.41. The number of phenols is 1. The van der Waals surface area contributed by atoms with Gasteiger partial charge in [0.05, 0.1) is 23.7 Å². The highest BCUT2D eigenvalue weighted by molar-refractivity contribution is 6.46. The molecule has 0 saturated carbocycles. The van der Waals surface area contributed by atoms with Gasteiger partial charge in [0.15, 0.2) is 0 Å². The smallest absolute Gasteiger partial charge is 0.295 e. The molecule has 6 nitrogen and oxygen atoms in total. The van der Waals surface area contributed by atoms with Crippen LogP contribution in [0.15, 0.2) is 48.0 Å². The normalized spacial score (nSPS) is 18.3. The molecule has 0 radical (unpaired) electrons. The van der Waals surface area contributed by atoms with E-state index in [4.69, 9.17) is 16.3 Å². The lowest BCUT2D eigenvalue weighted by atomic mass is 9.95. The van der Waals surface area contributed by atoms with E-state index in [1.165, 1.54) is 24.1 Å². The maximum atomic E-state index is 12.9. The maximum Gasteiger partial charge on any atom is 0.295 e. The number of nitrogens with zero attached hydrogens (tertiary/aromatic N) is 1. The Bertz CT molecular complexity index is 985. The van der Waals surface area contributed by atoms with Crippen molar-refractivity contribution in [2.24, 2.45) is 0 Å². The highest BCUT2D eigenvalue weighted by atomic mass is 35.5. The SMILES string of the molecule is CCCCN1C(=O)C(=O)/C(=C(\O)c2cccc(OC)c2)C1c1ccc(O)c(Cl)c1. The molecule has 1 atom stereocenters. The number of aliphatic hydroxyl groups excluding tert-OH is 1. The molecule has 2 N–H and O–H groups in total. The van der Waals surface area contributed by atoms with E-state index in [9.17, 15) is 19.8 Å². The van der Waals surface area contributed by atoms with Crippen molar-refractivity contribution in [3.05, 3.63) is 64.2 Å². The molecule has 2 aromatic rings. The summed E-state index contributed by atoms with van der Waals surface area (Å²) in [4.78, 5) is 27.0. The van der Waals surface area contributed by atoms with Crippen molar-refractivity contribution < 1.29 is 24.5 Å². The van der Waals surface area contributed by atoms with Crippen LogP contribution in [0.1, 0.15) is 36.9 Å². The predicted octanol–water partition coefficient (Wildman–Crippen LogP) is 4.28. The van der Waals surface area contributed by atoms with Crippen molar-refractivity contribution in [2.75, 3.05) is 13.7 Å². The third-order valence-corrected chi connectivity index (χ3v) is 5.23. The summed E-state index contributed by atoms with van der Waals surface area (Å²) >= 11 is 6.07. The fourth-order valence-corrected chi connectivity index (χ4v) is 3.59. The Balaban J connectivity index is 2.19. The number of methoxy groups -OCH3 is 1. The molecule has 152 valence electrons. The summed E-state index contributed by atoms with van der Waals surface area (Å²) in [5, 5.41) is 20.8. The van der Waals surface area contributed by atoms with E-state index >= 15 is 0 Å². The average molecular weight is 416 g/mol. The maximum absolute atomic E-state index is 12.9. The Morgan fingerprint density at radius 2 is 1.97 bits per heavy atom. The lowest BCUT2D eigenvalue weighted by molar-refractivity contribution is -0.139. The molecule has 0 aromatic heterocycles. The van der Waals surface area contributed by atoms with Gasteiger partial charge in [0.1, 0.15) is 17.3 Å². The number of rotatable bonds is 6. The minimum atomic E-state index is -0.800. The number of ketones is 1. The molecule has 1 fully saturated rings. The first kappa shape index (κ1) is 20.7. The Morgan fingerprint density at radius 3 is 2.62 bits per heavy atom. The van der Waals surface area contributed by atoms with Crippen LogP contribution in [0.4, 0.5) is 0 Å². The fraction of sp³-hybridized carbons (Fsp3) is 0.273. The van der Waals surface area contributed by atoms with Crippen molar-refractivity contribution in [3.8, 4) is 11.5 Å². The summed E-state index contributed by atoms with van der Waals surface area (Å²) in [6, 6.07) is 10.3. The van der Waals surface area contributed by atoms with Crippen LogP contribution >= 0.6 is 11.6 Å². The predicted molar refractivity (Wildman–Crippen MR) is 110 cm³/mol. The molecule has 1 amide bonds. The van der Waals surface area contributed by atoms with Crippen LogP contribution in [0.2, 0.25) is 5.02 Å². The minimum Gasteiger partial charge on any atom is -0.507 e. The van der Waals surface area contributed by atoms with Crippen molar-refractivity contribution in [1.82, 2.24) is 4.90 Å². The van der Waals surface area contributed by atoms with Crippen LogP contribution in [0.5, 0.6) is 11.5 Å². The van der Waals surface area contributed by atoms with E-state index in [-0.39, 0.29) is 22.1 Å². The third-order valence-electron chi connectivity index (χ3n) is 4.92. The van der Waals surface area contributed by atoms with Gasteiger partial charge >= 0.3 is 0 Å². The molecular formula is C22H22ClNO5. The monoisotopic (exact) mass is 415 g/mol. The molecule has 1 unspecified atom stereocenters. The number of halogens is 1. The van der Waals surface area contributed by atoms with Gasteiger partial charge < -0.3 is 19.8 Å². The second-order valence-electron chi connectivity index (χ2n) is 6.79. The Kier molecular flexibility index (Phi) is 6.13. The first-order valence-corrected chi connectivity index (χ1v) is 9.68. The first-order valence-electron chi connectivity index (χ1n) is 9.30. The van der Waals surface area contributed by atoms with E-state index in [2.05, 4.69) is 0 Å². The molecule has 1 heterocycles. The molecule has 7 heteroatoms. The number of likely N-dealkylation sites (tertiary alicyclic amines) is 1. The molecular weight excluding hydrogens is 394 g/mol. The lowest BCUT2D eigenvalue weighted by Gasteiger charge is -2.25. The molecule has 0 spiro atoms. The van der Waals surface area contributed by atoms with Crippen LogP contribution in [-0.2, 0) is 9.59 Å². The van der Waals surface area contributed by atoms with Gasteiger partial charge in [0, 0.05) is 12.1 Å². The van der Waals surface area contributed by atoms with Gasteiger partial charge in [-0.3, -0.25) is 9.59 Å². The van der Waals surface area contributed by atoms with Crippen LogP contribution in [0.3, 0.4) is 0 Å². The van der Waals surface area contributed by atoms with Gasteiger partial charge in [-0.15, -0.1) is 0 Å². The number of Topliss-reactive ketones (excluding diaryl/α,β-unsaturated/α-hetero) is 1. The third kappa shape index (κ3) is 3.93. The number of hydrogen-bond acceptors (Lipinski definition) is 5. The van der Waals surface area contributed by atoms with Crippen LogP contribution in [0.25, 0.3) is 5.76 Å². The molecule has 3 rings (SSSR count). The number of hydrogen-bond donors (Lipinski definition) is 2. The van der Waals surface area contributed by atoms with E-state index in [1.807, 2.05) is 6.92 Å². The van der Waals surface area contributed by atoms with E-state index in [0.29, 0.717) is 29.8 Å². The number of phenolic OH excluding ortho intramolecular Hbond substituents is 1. The standard InChI is InChI=1S/C22H22ClNO5/c1-3-4-10-24-19(13-8-9-17(25)16(23)12-13)18(21(27)22(24)28)20(26)14-6-5-7-15(11-14)29-2/h5-9,11-12,19,25-26H,3-4,10H2,1-2H3/b20-18-. The number of aromatic hydroxyl groups is 1. The fourth-order valence-electron chi connectivity index (χ4n) is 3.40. The zero-order valence-electron chi connectivity index (χ0n) is 16.2. The number of ether oxygens (including phenoxy) is 1. The summed E-state index contributed by atoms with van der Waals surface area (Å²) in [5.74, 6) is -1.30. The second-order valence-corrected chi connectivity index (χ2v) is 7.20. The first-order chi connectivity index (χ1) is 13.9. The van der Waals surface area contributed by atoms with Gasteiger partial charge in [0.25, 0.3) is 11.7 Å². The van der Waals surface area contributed by atoms with Gasteiger partial charge in [-0.05, 0) is 36.2 Å². The second kappa shape index (κ2) is 8.57. The Hall–Kier alpha value is -2.99. The molecule has 2 aromatic carbocycles. The zero-order valence-corrected chi connectivity index (χ0v) is 16.9. The van der Waals surface area contributed by atoms with E-state index in [0.717, 1.165) is 6.42 Å². The van der Waals surface area contributed by atoms with E-state index < -0.39 is 17.7 Å². The van der Waals surface area contributed by atoms with Crippen molar-refractivity contribution in [2.45, 2.75) is 25.8 Å². The van der Waals surface area contributed by atoms with Crippen molar-refractivity contribution in [3.63, 3.8) is 0 Å². The number of carbonyl (C=O) groups is 2. The number of amides is 1. The van der Waals surface area contributed by atoms with Gasteiger partial charge in [-0.2, -0.15) is 0 Å². The molecule has 1 aliphatic rings. The number of benzene rings is 2. The molecule has 0 bridgehead atoms. The summed E-state index contributed by atoms with van der Waals surface area (Å²) in [6.07, 6.45) is 1.54. The summed E-state index contributed by atoms with van der Waals surface area (Å²) in [7, 11) is 1.50. The minimum absolute atomic E-state index is 0.0129. The summed E-state index contributed by atoms with van der Waals surface area (Å²) < 4.78 is 5.19. The summed E-state index contributed by atoms with van der Waals surface area (Å²) in [6.45, 7) is 2.35. The van der Waals surface area contributed by atoms with Crippen molar-refractivity contribution in [1.29, 1.82) is 0 Å². The number of unbranched alkanes of at least 4 members (excludes halogenated alkanes) is 1. The average Bonchev–Trinajstić information content (AvgIpc) is 2.98. The van der Waals surface area contributed by atoms with Crippen LogP contribution in [-0.4, -0.2) is 40.5 Å². The summed E-state index contributed by atoms with van der Waals surface area (Å²) in [5.41, 5.74) is 0.890. The van der Waals surface area contributed by atoms with Gasteiger partial charge in [-0.1, -0.05) is 43.1 Å². The van der Waals surface area contributed by atoms with Gasteiger partial charge in [0.2, 0.25) is 0 Å². The molecule has 1 saturated heterocycles. The van der Waals surface area contributed by atoms with Crippen LogP contribution in [0, 0.1) is 0 Å². The number of aliphatic hydroxyl groups is 1. The quantitative estimate of drug-likeness (QED) is 0.418. The molecule has 29 heavy (non-hydrogen) atoms. The topological polar surface area (TPSA) is 87.1 Å². The zero-order chi connectivity index (χ0) is 21.1. The number of carbonyl (C=O) groups excluding carboxylic acids is 2. The van der Waals surface area contributed by atoms with E-state index in [1.54, 1.807) is 30.3 Å².